The first-order valence-electron chi connectivity index (χ1n) is 6.15. The maximum atomic E-state index is 11.9. The third-order valence-corrected chi connectivity index (χ3v) is 4.96. The number of sulfone groups is 1. The van der Waals surface area contributed by atoms with E-state index in [0.717, 1.165) is 5.56 Å². The van der Waals surface area contributed by atoms with Crippen LogP contribution in [0.15, 0.2) is 29.2 Å². The largest absolute Gasteiger partial charge is 0.343 e. The average Bonchev–Trinajstić information content (AvgIpc) is 2.89. The molecular weight excluding hydrogens is 252 g/mol. The van der Waals surface area contributed by atoms with Crippen molar-refractivity contribution in [2.45, 2.75) is 31.0 Å². The van der Waals surface area contributed by atoms with Gasteiger partial charge in [-0.1, -0.05) is 26.0 Å². The fourth-order valence-corrected chi connectivity index (χ4v) is 3.05. The Hall–Kier alpha value is -0.910. The minimum Gasteiger partial charge on any atom is -0.343 e. The molecule has 5 heteroatoms. The second-order valence-electron chi connectivity index (χ2n) is 4.23. The van der Waals surface area contributed by atoms with Gasteiger partial charge in [0.1, 0.15) is 0 Å². The molecule has 0 aliphatic carbocycles. The van der Waals surface area contributed by atoms with Gasteiger partial charge >= 0.3 is 0 Å². The quantitative estimate of drug-likeness (QED) is 0.840. The zero-order chi connectivity index (χ0) is 13.2. The summed E-state index contributed by atoms with van der Waals surface area (Å²) in [5, 5.41) is 0. The van der Waals surface area contributed by atoms with Gasteiger partial charge in [0, 0.05) is 12.0 Å². The Morgan fingerprint density at radius 3 is 2.44 bits per heavy atom. The Morgan fingerprint density at radius 2 is 1.89 bits per heavy atom. The van der Waals surface area contributed by atoms with Crippen molar-refractivity contribution in [2.75, 3.05) is 19.0 Å². The topological polar surface area (TPSA) is 52.6 Å². The van der Waals surface area contributed by atoms with Gasteiger partial charge in [-0.15, -0.1) is 0 Å². The molecule has 4 nitrogen and oxygen atoms in total. The van der Waals surface area contributed by atoms with E-state index < -0.39 is 15.6 Å². The third kappa shape index (κ3) is 2.30. The van der Waals surface area contributed by atoms with Crippen molar-refractivity contribution < 1.29 is 17.9 Å². The normalized spacial score (nSPS) is 19.0. The van der Waals surface area contributed by atoms with Crippen LogP contribution < -0.4 is 0 Å². The smallest absolute Gasteiger partial charge is 0.194 e. The number of rotatable bonds is 4. The molecule has 1 aliphatic heterocycles. The molecule has 0 unspecified atom stereocenters. The van der Waals surface area contributed by atoms with E-state index in [1.54, 1.807) is 25.1 Å². The van der Waals surface area contributed by atoms with E-state index in [-0.39, 0.29) is 5.75 Å². The fourth-order valence-electron chi connectivity index (χ4n) is 2.12. The van der Waals surface area contributed by atoms with E-state index in [1.165, 1.54) is 0 Å². The number of ether oxygens (including phenoxy) is 2. The van der Waals surface area contributed by atoms with Crippen molar-refractivity contribution in [3.8, 4) is 0 Å². The number of hydrogen-bond acceptors (Lipinski definition) is 4. The molecule has 1 saturated heterocycles. The summed E-state index contributed by atoms with van der Waals surface area (Å²) in [6.45, 7) is 4.68. The minimum atomic E-state index is -3.20. The highest BCUT2D eigenvalue weighted by Crippen LogP contribution is 2.35. The summed E-state index contributed by atoms with van der Waals surface area (Å²) in [7, 11) is -3.20. The van der Waals surface area contributed by atoms with E-state index in [2.05, 4.69) is 0 Å². The average molecular weight is 270 g/mol. The first-order chi connectivity index (χ1) is 8.54. The first kappa shape index (κ1) is 13.5. The third-order valence-electron chi connectivity index (χ3n) is 3.23. The second kappa shape index (κ2) is 4.99. The SMILES string of the molecule is CCC1(c2cccc(S(=O)(=O)CC)c2)OCCO1. The lowest BCUT2D eigenvalue weighted by Crippen LogP contribution is -2.26. The molecule has 0 aromatic heterocycles. The molecule has 100 valence electrons. The van der Waals surface area contributed by atoms with Crippen LogP contribution in [-0.4, -0.2) is 27.4 Å². The fraction of sp³-hybridized carbons (Fsp3) is 0.538. The molecule has 1 fully saturated rings. The van der Waals surface area contributed by atoms with E-state index in [0.29, 0.717) is 24.5 Å². The molecular formula is C13H18O4S. The molecule has 0 N–H and O–H groups in total. The van der Waals surface area contributed by atoms with Crippen molar-refractivity contribution in [1.29, 1.82) is 0 Å². The molecule has 18 heavy (non-hydrogen) atoms. The van der Waals surface area contributed by atoms with Crippen molar-refractivity contribution in [3.63, 3.8) is 0 Å². The van der Waals surface area contributed by atoms with Crippen molar-refractivity contribution in [1.82, 2.24) is 0 Å². The minimum absolute atomic E-state index is 0.0945. The lowest BCUT2D eigenvalue weighted by molar-refractivity contribution is -0.167. The molecule has 0 amide bonds. The molecule has 0 spiro atoms. The Kier molecular flexibility index (Phi) is 3.75. The maximum absolute atomic E-state index is 11.9. The molecule has 1 aliphatic rings. The van der Waals surface area contributed by atoms with Crippen LogP contribution in [-0.2, 0) is 25.1 Å². The standard InChI is InChI=1S/C13H18O4S/c1-3-13(16-8-9-17-13)11-6-5-7-12(10-11)18(14,15)4-2/h5-7,10H,3-4,8-9H2,1-2H3. The Morgan fingerprint density at radius 1 is 1.22 bits per heavy atom. The van der Waals surface area contributed by atoms with Crippen LogP contribution in [0.25, 0.3) is 0 Å². The van der Waals surface area contributed by atoms with Gasteiger partial charge in [0.25, 0.3) is 0 Å². The first-order valence-corrected chi connectivity index (χ1v) is 7.80. The summed E-state index contributed by atoms with van der Waals surface area (Å²) in [6, 6.07) is 6.86. The monoisotopic (exact) mass is 270 g/mol. The lowest BCUT2D eigenvalue weighted by Gasteiger charge is -2.26. The van der Waals surface area contributed by atoms with Gasteiger partial charge in [-0.05, 0) is 12.1 Å². The zero-order valence-corrected chi connectivity index (χ0v) is 11.5. The summed E-state index contributed by atoms with van der Waals surface area (Å²) in [5.74, 6) is -0.684. The van der Waals surface area contributed by atoms with Crippen LogP contribution in [0.5, 0.6) is 0 Å². The van der Waals surface area contributed by atoms with Gasteiger partial charge in [0.2, 0.25) is 0 Å². The zero-order valence-electron chi connectivity index (χ0n) is 10.7. The van der Waals surface area contributed by atoms with Gasteiger partial charge in [-0.3, -0.25) is 0 Å². The Balaban J connectivity index is 2.44. The van der Waals surface area contributed by atoms with Gasteiger partial charge in [-0.2, -0.15) is 0 Å². The molecule has 0 atom stereocenters. The van der Waals surface area contributed by atoms with Gasteiger partial charge in [-0.25, -0.2) is 8.42 Å². The van der Waals surface area contributed by atoms with Crippen LogP contribution in [0.4, 0.5) is 0 Å². The molecule has 1 aromatic rings. The predicted molar refractivity (Wildman–Crippen MR) is 68.0 cm³/mol. The van der Waals surface area contributed by atoms with Gasteiger partial charge in [0.05, 0.1) is 23.9 Å². The van der Waals surface area contributed by atoms with E-state index in [1.807, 2.05) is 13.0 Å². The lowest BCUT2D eigenvalue weighted by atomic mass is 10.0. The molecule has 2 rings (SSSR count). The summed E-state index contributed by atoms with van der Waals surface area (Å²) < 4.78 is 35.1. The molecule has 1 heterocycles. The second-order valence-corrected chi connectivity index (χ2v) is 6.51. The highest BCUT2D eigenvalue weighted by molar-refractivity contribution is 7.91. The summed E-state index contributed by atoms with van der Waals surface area (Å²) in [5.41, 5.74) is 0.775. The Labute approximate surface area is 108 Å². The maximum Gasteiger partial charge on any atom is 0.194 e. The molecule has 0 saturated carbocycles. The van der Waals surface area contributed by atoms with Gasteiger partial charge < -0.3 is 9.47 Å². The van der Waals surface area contributed by atoms with Crippen molar-refractivity contribution >= 4 is 9.84 Å². The van der Waals surface area contributed by atoms with Crippen LogP contribution in [0.1, 0.15) is 25.8 Å². The summed E-state index contributed by atoms with van der Waals surface area (Å²) in [4.78, 5) is 0.328. The highest BCUT2D eigenvalue weighted by Gasteiger charge is 2.37. The summed E-state index contributed by atoms with van der Waals surface area (Å²) in [6.07, 6.45) is 0.655. The molecule has 0 bridgehead atoms. The van der Waals surface area contributed by atoms with Crippen LogP contribution in [0.2, 0.25) is 0 Å². The number of benzene rings is 1. The van der Waals surface area contributed by atoms with Crippen LogP contribution in [0.3, 0.4) is 0 Å². The number of hydrogen-bond donors (Lipinski definition) is 0. The molecule has 0 radical (unpaired) electrons. The van der Waals surface area contributed by atoms with E-state index in [9.17, 15) is 8.42 Å². The van der Waals surface area contributed by atoms with Gasteiger partial charge in [0.15, 0.2) is 15.6 Å². The van der Waals surface area contributed by atoms with Crippen LogP contribution >= 0.6 is 0 Å². The van der Waals surface area contributed by atoms with Crippen molar-refractivity contribution in [2.24, 2.45) is 0 Å². The molecule has 1 aromatic carbocycles. The summed E-state index contributed by atoms with van der Waals surface area (Å²) >= 11 is 0. The van der Waals surface area contributed by atoms with Crippen molar-refractivity contribution in [3.05, 3.63) is 29.8 Å². The van der Waals surface area contributed by atoms with E-state index >= 15 is 0 Å². The van der Waals surface area contributed by atoms with E-state index in [4.69, 9.17) is 9.47 Å². The van der Waals surface area contributed by atoms with Crippen LogP contribution in [0, 0.1) is 0 Å². The highest BCUT2D eigenvalue weighted by atomic mass is 32.2. The Bertz CT molecular complexity index is 516. The predicted octanol–water partition coefficient (Wildman–Crippen LogP) is 2.09.